The topological polar surface area (TPSA) is 62.1 Å². The van der Waals surface area contributed by atoms with Gasteiger partial charge >= 0.3 is 6.61 Å². The maximum absolute atomic E-state index is 12.4. The molecular weight excluding hydrogens is 326 g/mol. The van der Waals surface area contributed by atoms with Gasteiger partial charge in [0, 0.05) is 11.3 Å². The van der Waals surface area contributed by atoms with Gasteiger partial charge in [0.15, 0.2) is 0 Å². The zero-order valence-corrected chi connectivity index (χ0v) is 13.5. The minimum absolute atomic E-state index is 0.106. The Kier molecular flexibility index (Phi) is 6.24. The van der Waals surface area contributed by atoms with E-state index in [4.69, 9.17) is 0 Å². The molecule has 4 nitrogen and oxygen atoms in total. The summed E-state index contributed by atoms with van der Waals surface area (Å²) < 4.78 is 29.3. The summed E-state index contributed by atoms with van der Waals surface area (Å²) in [5.41, 5.74) is 1.66. The van der Waals surface area contributed by atoms with E-state index in [2.05, 4.69) is 10.1 Å². The monoisotopic (exact) mass is 342 g/mol. The summed E-state index contributed by atoms with van der Waals surface area (Å²) in [7, 11) is 0. The van der Waals surface area contributed by atoms with Gasteiger partial charge in [-0.2, -0.15) is 14.0 Å². The van der Waals surface area contributed by atoms with Crippen molar-refractivity contribution in [3.05, 3.63) is 65.2 Å². The first-order valence-corrected chi connectivity index (χ1v) is 7.59. The number of nitrogens with zero attached hydrogens (tertiary/aromatic N) is 1. The summed E-state index contributed by atoms with van der Waals surface area (Å²) in [6.45, 7) is -0.978. The number of ether oxygens (including phenoxy) is 1. The summed E-state index contributed by atoms with van der Waals surface area (Å²) in [6.07, 6.45) is 2.09. The molecule has 0 heterocycles. The third-order valence-corrected chi connectivity index (χ3v) is 3.42. The molecule has 0 fully saturated rings. The van der Waals surface area contributed by atoms with E-state index in [-0.39, 0.29) is 16.9 Å². The van der Waals surface area contributed by atoms with Crippen LogP contribution in [0.15, 0.2) is 54.1 Å². The Morgan fingerprint density at radius 1 is 1.24 bits per heavy atom. The maximum atomic E-state index is 12.4. The molecule has 128 valence electrons. The van der Waals surface area contributed by atoms with Crippen LogP contribution in [0.3, 0.4) is 0 Å². The highest BCUT2D eigenvalue weighted by Gasteiger charge is 2.13. The van der Waals surface area contributed by atoms with Crippen LogP contribution in [-0.4, -0.2) is 12.5 Å². The Hall–Kier alpha value is -3.20. The number of carbonyl (C=O) groups is 1. The van der Waals surface area contributed by atoms with E-state index in [9.17, 15) is 18.8 Å². The molecule has 6 heteroatoms. The summed E-state index contributed by atoms with van der Waals surface area (Å²) >= 11 is 0. The molecule has 0 unspecified atom stereocenters. The van der Waals surface area contributed by atoms with E-state index in [1.54, 1.807) is 24.3 Å². The molecule has 0 aromatic heterocycles. The number of hydrogen-bond acceptors (Lipinski definition) is 3. The molecule has 0 atom stereocenters. The molecule has 0 aliphatic heterocycles. The average Bonchev–Trinajstić information content (AvgIpc) is 2.61. The number of anilines is 1. The highest BCUT2D eigenvalue weighted by Crippen LogP contribution is 2.23. The van der Waals surface area contributed by atoms with E-state index in [1.807, 2.05) is 19.1 Å². The van der Waals surface area contributed by atoms with Crippen LogP contribution in [0.1, 0.15) is 18.1 Å². The van der Waals surface area contributed by atoms with E-state index >= 15 is 0 Å². The van der Waals surface area contributed by atoms with Gasteiger partial charge in [0.1, 0.15) is 17.4 Å². The highest BCUT2D eigenvalue weighted by atomic mass is 19.3. The number of nitrogens with one attached hydrogen (secondary N) is 1. The molecule has 0 spiro atoms. The lowest BCUT2D eigenvalue weighted by Gasteiger charge is -2.08. The molecule has 1 N–H and O–H groups in total. The average molecular weight is 342 g/mol. The van der Waals surface area contributed by atoms with Crippen LogP contribution in [0.5, 0.6) is 5.75 Å². The molecule has 25 heavy (non-hydrogen) atoms. The first kappa shape index (κ1) is 18.1. The zero-order valence-electron chi connectivity index (χ0n) is 13.5. The molecule has 0 saturated carbocycles. The number of alkyl halides is 2. The molecule has 0 aliphatic carbocycles. The minimum atomic E-state index is -2.99. The second-order valence-electron chi connectivity index (χ2n) is 5.09. The van der Waals surface area contributed by atoms with E-state index in [1.165, 1.54) is 24.3 Å². The predicted molar refractivity (Wildman–Crippen MR) is 91.1 cm³/mol. The van der Waals surface area contributed by atoms with Crippen molar-refractivity contribution in [2.75, 3.05) is 5.32 Å². The van der Waals surface area contributed by atoms with Crippen LogP contribution in [0, 0.1) is 11.3 Å². The summed E-state index contributed by atoms with van der Waals surface area (Å²) in [5, 5.41) is 11.8. The van der Waals surface area contributed by atoms with Crippen molar-refractivity contribution < 1.29 is 18.3 Å². The smallest absolute Gasteiger partial charge is 0.387 e. The summed E-state index contributed by atoms with van der Waals surface area (Å²) in [5.74, 6) is -0.732. The molecule has 1 amide bonds. The van der Waals surface area contributed by atoms with Crippen molar-refractivity contribution in [2.45, 2.75) is 20.0 Å². The van der Waals surface area contributed by atoms with Crippen molar-refractivity contribution >= 4 is 17.7 Å². The fourth-order valence-electron chi connectivity index (χ4n) is 2.13. The molecule has 0 aliphatic rings. The Morgan fingerprint density at radius 3 is 2.52 bits per heavy atom. The van der Waals surface area contributed by atoms with Gasteiger partial charge in [-0.3, -0.25) is 4.79 Å². The zero-order chi connectivity index (χ0) is 18.2. The van der Waals surface area contributed by atoms with Gasteiger partial charge in [0.05, 0.1) is 0 Å². The Balaban J connectivity index is 2.22. The van der Waals surface area contributed by atoms with Gasteiger partial charge in [0.25, 0.3) is 5.91 Å². The fourth-order valence-corrected chi connectivity index (χ4v) is 2.13. The van der Waals surface area contributed by atoms with Crippen molar-refractivity contribution in [3.8, 4) is 11.8 Å². The van der Waals surface area contributed by atoms with Crippen LogP contribution in [0.4, 0.5) is 14.5 Å². The molecule has 0 bridgehead atoms. The normalized spacial score (nSPS) is 11.1. The van der Waals surface area contributed by atoms with Gasteiger partial charge in [-0.1, -0.05) is 37.3 Å². The SMILES string of the molecule is CCc1ccc(NC(=O)/C(C#N)=C/c2ccccc2OC(F)F)cc1. The number of para-hydroxylation sites is 1. The number of halogens is 2. The third-order valence-electron chi connectivity index (χ3n) is 3.42. The highest BCUT2D eigenvalue weighted by molar-refractivity contribution is 6.09. The Labute approximate surface area is 144 Å². The minimum Gasteiger partial charge on any atom is -0.434 e. The van der Waals surface area contributed by atoms with E-state index in [0.29, 0.717) is 5.69 Å². The lowest BCUT2D eigenvalue weighted by atomic mass is 10.1. The van der Waals surface area contributed by atoms with Gasteiger partial charge in [-0.05, 0) is 36.3 Å². The molecular formula is C19H16F2N2O2. The Bertz CT molecular complexity index is 809. The molecule has 2 rings (SSSR count). The van der Waals surface area contributed by atoms with Gasteiger partial charge in [-0.25, -0.2) is 0 Å². The lowest BCUT2D eigenvalue weighted by Crippen LogP contribution is -2.13. The van der Waals surface area contributed by atoms with Gasteiger partial charge < -0.3 is 10.1 Å². The fraction of sp³-hybridized carbons (Fsp3) is 0.158. The standard InChI is InChI=1S/C19H16F2N2O2/c1-2-13-7-9-16(10-8-13)23-18(24)15(12-22)11-14-5-3-4-6-17(14)25-19(20)21/h3-11,19H,2H2,1H3,(H,23,24)/b15-11+. The van der Waals surface area contributed by atoms with E-state index < -0.39 is 12.5 Å². The predicted octanol–water partition coefficient (Wildman–Crippen LogP) is 4.40. The third kappa shape index (κ3) is 5.15. The van der Waals surface area contributed by atoms with E-state index in [0.717, 1.165) is 12.0 Å². The first-order valence-electron chi connectivity index (χ1n) is 7.59. The first-order chi connectivity index (χ1) is 12.0. The van der Waals surface area contributed by atoms with Crippen LogP contribution in [-0.2, 0) is 11.2 Å². The summed E-state index contributed by atoms with van der Waals surface area (Å²) in [4.78, 5) is 12.2. The quantitative estimate of drug-likeness (QED) is 0.625. The number of benzene rings is 2. The van der Waals surface area contributed by atoms with Crippen molar-refractivity contribution in [2.24, 2.45) is 0 Å². The van der Waals surface area contributed by atoms with Gasteiger partial charge in [0.2, 0.25) is 0 Å². The molecule has 0 saturated heterocycles. The van der Waals surface area contributed by atoms with Crippen LogP contribution in [0.2, 0.25) is 0 Å². The number of amides is 1. The Morgan fingerprint density at radius 2 is 1.92 bits per heavy atom. The lowest BCUT2D eigenvalue weighted by molar-refractivity contribution is -0.112. The number of aryl methyl sites for hydroxylation is 1. The second kappa shape index (κ2) is 8.60. The van der Waals surface area contributed by atoms with Crippen LogP contribution >= 0.6 is 0 Å². The number of rotatable bonds is 6. The second-order valence-corrected chi connectivity index (χ2v) is 5.09. The van der Waals surface area contributed by atoms with Gasteiger partial charge in [-0.15, -0.1) is 0 Å². The van der Waals surface area contributed by atoms with Crippen LogP contribution < -0.4 is 10.1 Å². The summed E-state index contributed by atoms with van der Waals surface area (Å²) in [6, 6.07) is 14.9. The number of hydrogen-bond donors (Lipinski definition) is 1. The number of nitriles is 1. The molecule has 2 aromatic carbocycles. The van der Waals surface area contributed by atoms with Crippen molar-refractivity contribution in [1.82, 2.24) is 0 Å². The largest absolute Gasteiger partial charge is 0.434 e. The molecule has 0 radical (unpaired) electrons. The van der Waals surface area contributed by atoms with Crippen LogP contribution in [0.25, 0.3) is 6.08 Å². The maximum Gasteiger partial charge on any atom is 0.387 e. The molecule has 2 aromatic rings. The van der Waals surface area contributed by atoms with Crippen molar-refractivity contribution in [3.63, 3.8) is 0 Å². The number of carbonyl (C=O) groups excluding carboxylic acids is 1. The van der Waals surface area contributed by atoms with Crippen molar-refractivity contribution in [1.29, 1.82) is 5.26 Å².